The van der Waals surface area contributed by atoms with Gasteiger partial charge in [-0.05, 0) is 110 Å². The van der Waals surface area contributed by atoms with E-state index < -0.39 is 0 Å². The molecule has 0 radical (unpaired) electrons. The van der Waals surface area contributed by atoms with Crippen molar-refractivity contribution in [3.05, 3.63) is 11.6 Å². The fraction of sp³-hybridized carbons (Fsp3) is 0.889. The van der Waals surface area contributed by atoms with Crippen LogP contribution >= 0.6 is 0 Å². The van der Waals surface area contributed by atoms with Crippen LogP contribution in [0, 0.1) is 53.3 Å². The Kier molecular flexibility index (Phi) is 6.59. The van der Waals surface area contributed by atoms with Crippen LogP contribution in [0.25, 0.3) is 0 Å². The van der Waals surface area contributed by atoms with Crippen LogP contribution in [0.4, 0.5) is 0 Å². The van der Waals surface area contributed by atoms with Crippen molar-refractivity contribution in [2.75, 3.05) is 0 Å². The normalized spacial score (nSPS) is 41.4. The second-order valence-corrected chi connectivity index (χ2v) is 11.4. The van der Waals surface area contributed by atoms with Crippen LogP contribution in [0.3, 0.4) is 0 Å². The van der Waals surface area contributed by atoms with E-state index in [0.717, 1.165) is 59.8 Å². The zero-order valence-electron chi connectivity index (χ0n) is 19.3. The summed E-state index contributed by atoms with van der Waals surface area (Å²) < 4.78 is 0. The molecule has 4 aliphatic rings. The first kappa shape index (κ1) is 21.6. The van der Waals surface area contributed by atoms with E-state index >= 15 is 0 Å². The smallest absolute Gasteiger partial charge is 0.155 e. The van der Waals surface area contributed by atoms with Gasteiger partial charge in [-0.3, -0.25) is 4.79 Å². The molecule has 0 saturated heterocycles. The number of fused-ring (bicyclic) bond motifs is 5. The molecule has 29 heavy (non-hydrogen) atoms. The minimum atomic E-state index is -0.350. The van der Waals surface area contributed by atoms with Gasteiger partial charge in [0.15, 0.2) is 5.78 Å². The van der Waals surface area contributed by atoms with E-state index in [9.17, 15) is 9.90 Å². The average Bonchev–Trinajstić information content (AvgIpc) is 3.13. The third kappa shape index (κ3) is 4.12. The summed E-state index contributed by atoms with van der Waals surface area (Å²) in [6.45, 7) is 9.68. The van der Waals surface area contributed by atoms with Crippen molar-refractivity contribution < 1.29 is 9.90 Å². The standard InChI is InChI=1S/C27H44O2/c1-5-18(16(2)3)7-6-17(4)20-10-11-22-21(20)12-13-23-24-9-8-19(28)14-26(24)27(29)15-25(22)23/h14,16-18,20-25,27,29H,5-13,15H2,1-4H3/t17-,18-,20-,21-,22-,23-,24-,25+,27-/m1/s1. The first-order valence-corrected chi connectivity index (χ1v) is 12.8. The van der Waals surface area contributed by atoms with E-state index in [1.165, 1.54) is 44.9 Å². The molecule has 3 fully saturated rings. The molecule has 3 saturated carbocycles. The summed E-state index contributed by atoms with van der Waals surface area (Å²) in [6.07, 6.45) is 13.8. The SMILES string of the molecule is CC[C@H](CC[C@@H](C)[C@H]1CC[C@@H]2[C@@H]1CC[C@H]1[C@H]2C[C@@H](O)C2=CC(=O)CC[C@@H]21)C(C)C. The summed E-state index contributed by atoms with van der Waals surface area (Å²) in [7, 11) is 0. The molecule has 0 aromatic rings. The Hall–Kier alpha value is -0.630. The Balaban J connectivity index is 1.41. The molecule has 0 unspecified atom stereocenters. The molecule has 0 aromatic heterocycles. The number of ketones is 1. The Morgan fingerprint density at radius 1 is 0.966 bits per heavy atom. The minimum absolute atomic E-state index is 0.240. The summed E-state index contributed by atoms with van der Waals surface area (Å²) in [5, 5.41) is 10.9. The van der Waals surface area contributed by atoms with Crippen molar-refractivity contribution in [1.29, 1.82) is 0 Å². The number of hydrogen-bond acceptors (Lipinski definition) is 2. The lowest BCUT2D eigenvalue weighted by atomic mass is 9.54. The van der Waals surface area contributed by atoms with Gasteiger partial charge in [-0.25, -0.2) is 0 Å². The van der Waals surface area contributed by atoms with Gasteiger partial charge in [0.1, 0.15) is 0 Å². The molecule has 164 valence electrons. The van der Waals surface area contributed by atoms with Crippen LogP contribution in [0.15, 0.2) is 11.6 Å². The van der Waals surface area contributed by atoms with Crippen LogP contribution in [-0.2, 0) is 4.79 Å². The highest BCUT2D eigenvalue weighted by molar-refractivity contribution is 5.91. The van der Waals surface area contributed by atoms with Gasteiger partial charge in [0, 0.05) is 6.42 Å². The van der Waals surface area contributed by atoms with Gasteiger partial charge in [0.25, 0.3) is 0 Å². The van der Waals surface area contributed by atoms with Crippen molar-refractivity contribution in [1.82, 2.24) is 0 Å². The number of hydrogen-bond donors (Lipinski definition) is 1. The summed E-state index contributed by atoms with van der Waals surface area (Å²) >= 11 is 0. The summed E-state index contributed by atoms with van der Waals surface area (Å²) in [5.74, 6) is 7.37. The summed E-state index contributed by atoms with van der Waals surface area (Å²) in [6, 6.07) is 0. The van der Waals surface area contributed by atoms with Gasteiger partial charge in [-0.15, -0.1) is 0 Å². The number of aliphatic hydroxyl groups excluding tert-OH is 1. The lowest BCUT2D eigenvalue weighted by Gasteiger charge is -2.51. The maximum absolute atomic E-state index is 11.9. The number of aliphatic hydroxyl groups is 1. The van der Waals surface area contributed by atoms with Gasteiger partial charge >= 0.3 is 0 Å². The zero-order valence-corrected chi connectivity index (χ0v) is 19.3. The van der Waals surface area contributed by atoms with E-state index in [1.54, 1.807) is 0 Å². The van der Waals surface area contributed by atoms with Crippen molar-refractivity contribution >= 4 is 5.78 Å². The molecule has 0 bridgehead atoms. The van der Waals surface area contributed by atoms with Crippen LogP contribution in [0.1, 0.15) is 91.9 Å². The van der Waals surface area contributed by atoms with Crippen LogP contribution < -0.4 is 0 Å². The van der Waals surface area contributed by atoms with E-state index in [0.29, 0.717) is 18.3 Å². The third-order valence-corrected chi connectivity index (χ3v) is 9.91. The quantitative estimate of drug-likeness (QED) is 0.558. The van der Waals surface area contributed by atoms with Gasteiger partial charge in [-0.2, -0.15) is 0 Å². The number of carbonyl (C=O) groups excluding carboxylic acids is 1. The first-order valence-electron chi connectivity index (χ1n) is 12.8. The third-order valence-electron chi connectivity index (χ3n) is 9.91. The van der Waals surface area contributed by atoms with Crippen molar-refractivity contribution in [2.24, 2.45) is 53.3 Å². The Bertz CT molecular complexity index is 620. The molecule has 2 heteroatoms. The van der Waals surface area contributed by atoms with Crippen LogP contribution in [0.5, 0.6) is 0 Å². The predicted octanol–water partition coefficient (Wildman–Crippen LogP) is 6.42. The zero-order chi connectivity index (χ0) is 20.7. The number of rotatable bonds is 6. The Morgan fingerprint density at radius 3 is 2.41 bits per heavy atom. The maximum atomic E-state index is 11.9. The summed E-state index contributed by atoms with van der Waals surface area (Å²) in [4.78, 5) is 11.9. The average molecular weight is 401 g/mol. The monoisotopic (exact) mass is 400 g/mol. The summed E-state index contributed by atoms with van der Waals surface area (Å²) in [5.41, 5.74) is 1.10. The molecule has 0 amide bonds. The highest BCUT2D eigenvalue weighted by Gasteiger charge is 2.52. The van der Waals surface area contributed by atoms with Crippen molar-refractivity contribution in [3.8, 4) is 0 Å². The molecule has 0 spiro atoms. The minimum Gasteiger partial charge on any atom is -0.389 e. The van der Waals surface area contributed by atoms with Gasteiger partial charge in [0.2, 0.25) is 0 Å². The van der Waals surface area contributed by atoms with Gasteiger partial charge in [-0.1, -0.05) is 40.5 Å². The molecule has 0 aromatic carbocycles. The van der Waals surface area contributed by atoms with Gasteiger partial charge < -0.3 is 5.11 Å². The fourth-order valence-corrected chi connectivity index (χ4v) is 8.29. The van der Waals surface area contributed by atoms with Gasteiger partial charge in [0.05, 0.1) is 6.10 Å². The molecule has 4 aliphatic carbocycles. The lowest BCUT2D eigenvalue weighted by Crippen LogP contribution is -2.46. The van der Waals surface area contributed by atoms with Crippen molar-refractivity contribution in [2.45, 2.75) is 98.0 Å². The second kappa shape index (κ2) is 8.85. The Morgan fingerprint density at radius 2 is 1.69 bits per heavy atom. The lowest BCUT2D eigenvalue weighted by molar-refractivity contribution is -0.116. The molecular weight excluding hydrogens is 356 g/mol. The molecule has 1 N–H and O–H groups in total. The highest BCUT2D eigenvalue weighted by Crippen LogP contribution is 2.59. The largest absolute Gasteiger partial charge is 0.389 e. The topological polar surface area (TPSA) is 37.3 Å². The molecule has 4 rings (SSSR count). The van der Waals surface area contributed by atoms with Crippen LogP contribution in [0.2, 0.25) is 0 Å². The molecule has 0 heterocycles. The molecule has 9 atom stereocenters. The van der Waals surface area contributed by atoms with E-state index in [2.05, 4.69) is 27.7 Å². The predicted molar refractivity (Wildman–Crippen MR) is 119 cm³/mol. The van der Waals surface area contributed by atoms with Crippen molar-refractivity contribution in [3.63, 3.8) is 0 Å². The fourth-order valence-electron chi connectivity index (χ4n) is 8.29. The molecule has 0 aliphatic heterocycles. The molecule has 2 nitrogen and oxygen atoms in total. The molecular formula is C27H44O2. The van der Waals surface area contributed by atoms with Crippen LogP contribution in [-0.4, -0.2) is 17.0 Å². The number of carbonyl (C=O) groups is 1. The van der Waals surface area contributed by atoms with E-state index in [-0.39, 0.29) is 11.9 Å². The van der Waals surface area contributed by atoms with E-state index in [1.807, 2.05) is 6.08 Å². The highest BCUT2D eigenvalue weighted by atomic mass is 16.3. The maximum Gasteiger partial charge on any atom is 0.155 e. The van der Waals surface area contributed by atoms with E-state index in [4.69, 9.17) is 0 Å². The Labute approximate surface area is 178 Å². The second-order valence-electron chi connectivity index (χ2n) is 11.4. The first-order chi connectivity index (χ1) is 13.9.